The van der Waals surface area contributed by atoms with Crippen molar-refractivity contribution in [3.05, 3.63) is 72.0 Å². The standard InChI is InChI=1S/C26H22F6N2O6S/c1-25(36,26(30,31)32)24(35)33-12-16-13-34(41(37,38)17-5-7-20(29)23(11-17)39-2)21-9-14(3-8-22(21)40-16)18-10-15(27)4-6-19(18)28/h3-11,16,36H,12-13H2,1-2H3,(H,33,35)/t16-,25+/m0/s1. The van der Waals surface area contributed by atoms with E-state index in [0.29, 0.717) is 0 Å². The van der Waals surface area contributed by atoms with Crippen molar-refractivity contribution in [2.75, 3.05) is 24.5 Å². The molecule has 2 N–H and O–H groups in total. The first-order valence-corrected chi connectivity index (χ1v) is 13.2. The van der Waals surface area contributed by atoms with Crippen molar-refractivity contribution in [3.8, 4) is 22.6 Å². The predicted octanol–water partition coefficient (Wildman–Crippen LogP) is 4.17. The summed E-state index contributed by atoms with van der Waals surface area (Å²) in [6.45, 7) is -0.993. The van der Waals surface area contributed by atoms with E-state index in [1.54, 1.807) is 0 Å². The number of carbonyl (C=O) groups excluding carboxylic acids is 1. The highest BCUT2D eigenvalue weighted by molar-refractivity contribution is 7.92. The number of alkyl halides is 3. The Kier molecular flexibility index (Phi) is 7.88. The first-order chi connectivity index (χ1) is 19.1. The summed E-state index contributed by atoms with van der Waals surface area (Å²) in [5, 5.41) is 11.5. The van der Waals surface area contributed by atoms with Gasteiger partial charge in [-0.05, 0) is 55.0 Å². The smallest absolute Gasteiger partial charge is 0.426 e. The monoisotopic (exact) mass is 604 g/mol. The second-order valence-corrected chi connectivity index (χ2v) is 11.0. The number of nitrogens with zero attached hydrogens (tertiary/aromatic N) is 1. The fourth-order valence-corrected chi connectivity index (χ4v) is 5.48. The van der Waals surface area contributed by atoms with Gasteiger partial charge in [-0.15, -0.1) is 0 Å². The molecule has 0 aliphatic carbocycles. The Morgan fingerprint density at radius 2 is 1.76 bits per heavy atom. The molecule has 220 valence electrons. The van der Waals surface area contributed by atoms with Crippen LogP contribution >= 0.6 is 0 Å². The highest BCUT2D eigenvalue weighted by atomic mass is 32.2. The molecule has 0 bridgehead atoms. The summed E-state index contributed by atoms with van der Waals surface area (Å²) >= 11 is 0. The Hall–Kier alpha value is -3.98. The van der Waals surface area contributed by atoms with Crippen LogP contribution in [-0.2, 0) is 14.8 Å². The minimum Gasteiger partial charge on any atom is -0.494 e. The van der Waals surface area contributed by atoms with E-state index in [9.17, 15) is 44.7 Å². The molecule has 41 heavy (non-hydrogen) atoms. The van der Waals surface area contributed by atoms with E-state index in [0.717, 1.165) is 47.8 Å². The number of amides is 1. The van der Waals surface area contributed by atoms with Crippen LogP contribution in [0.15, 0.2) is 59.5 Å². The van der Waals surface area contributed by atoms with Crippen LogP contribution in [0.4, 0.5) is 32.0 Å². The molecular weight excluding hydrogens is 582 g/mol. The zero-order chi connectivity index (χ0) is 30.3. The molecule has 1 aliphatic rings. The van der Waals surface area contributed by atoms with E-state index in [4.69, 9.17) is 9.47 Å². The number of methoxy groups -OCH3 is 1. The van der Waals surface area contributed by atoms with E-state index >= 15 is 0 Å². The van der Waals surface area contributed by atoms with Gasteiger partial charge in [-0.25, -0.2) is 21.6 Å². The third kappa shape index (κ3) is 5.77. The van der Waals surface area contributed by atoms with Crippen LogP contribution in [0.5, 0.6) is 11.5 Å². The van der Waals surface area contributed by atoms with Crippen molar-refractivity contribution in [3.63, 3.8) is 0 Å². The molecule has 0 fully saturated rings. The number of aliphatic hydroxyl groups is 1. The number of hydrogen-bond acceptors (Lipinski definition) is 6. The van der Waals surface area contributed by atoms with Gasteiger partial charge in [0.25, 0.3) is 15.9 Å². The summed E-state index contributed by atoms with van der Waals surface area (Å²) in [6, 6.07) is 9.14. The van der Waals surface area contributed by atoms with Crippen LogP contribution in [0.25, 0.3) is 11.1 Å². The van der Waals surface area contributed by atoms with Crippen molar-refractivity contribution < 1.29 is 54.1 Å². The molecule has 3 aromatic rings. The number of ether oxygens (including phenoxy) is 2. The minimum atomic E-state index is -5.29. The maximum Gasteiger partial charge on any atom is 0.426 e. The molecule has 15 heteroatoms. The van der Waals surface area contributed by atoms with Gasteiger partial charge in [0.1, 0.15) is 23.5 Å². The lowest BCUT2D eigenvalue weighted by atomic mass is 10.0. The topological polar surface area (TPSA) is 105 Å². The number of anilines is 1. The first kappa shape index (κ1) is 30.0. The quantitative estimate of drug-likeness (QED) is 0.393. The normalized spacial score (nSPS) is 16.8. The number of benzene rings is 3. The average Bonchev–Trinajstić information content (AvgIpc) is 2.91. The predicted molar refractivity (Wildman–Crippen MR) is 133 cm³/mol. The number of rotatable bonds is 7. The Balaban J connectivity index is 1.76. The van der Waals surface area contributed by atoms with E-state index < -0.39 is 75.0 Å². The van der Waals surface area contributed by atoms with Crippen LogP contribution in [0.1, 0.15) is 6.92 Å². The number of carbonyl (C=O) groups is 1. The summed E-state index contributed by atoms with van der Waals surface area (Å²) in [5.74, 6) is -4.74. The molecule has 0 radical (unpaired) electrons. The Labute approximate surface area is 230 Å². The van der Waals surface area contributed by atoms with Gasteiger partial charge in [0.15, 0.2) is 11.6 Å². The maximum atomic E-state index is 14.5. The summed E-state index contributed by atoms with van der Waals surface area (Å²) in [6.07, 6.45) is -6.57. The van der Waals surface area contributed by atoms with Crippen molar-refractivity contribution in [1.29, 1.82) is 0 Å². The van der Waals surface area contributed by atoms with Gasteiger partial charge in [0.2, 0.25) is 5.60 Å². The Bertz CT molecular complexity index is 1600. The van der Waals surface area contributed by atoms with Gasteiger partial charge in [0, 0.05) is 11.6 Å². The summed E-state index contributed by atoms with van der Waals surface area (Å²) < 4.78 is 120. The van der Waals surface area contributed by atoms with Crippen molar-refractivity contribution >= 4 is 21.6 Å². The largest absolute Gasteiger partial charge is 0.494 e. The molecule has 0 saturated heterocycles. The Morgan fingerprint density at radius 3 is 2.41 bits per heavy atom. The lowest BCUT2D eigenvalue weighted by molar-refractivity contribution is -0.245. The van der Waals surface area contributed by atoms with E-state index in [1.165, 1.54) is 18.2 Å². The molecule has 8 nitrogen and oxygen atoms in total. The number of nitrogens with one attached hydrogen (secondary N) is 1. The zero-order valence-corrected chi connectivity index (χ0v) is 22.1. The fraction of sp³-hybridized carbons (Fsp3) is 0.269. The average molecular weight is 605 g/mol. The highest BCUT2D eigenvalue weighted by Crippen LogP contribution is 2.41. The highest BCUT2D eigenvalue weighted by Gasteiger charge is 2.55. The number of halogens is 6. The van der Waals surface area contributed by atoms with Gasteiger partial charge in [0.05, 0.1) is 30.8 Å². The van der Waals surface area contributed by atoms with E-state index in [-0.39, 0.29) is 29.5 Å². The molecule has 1 aliphatic heterocycles. The molecule has 4 rings (SSSR count). The molecule has 0 spiro atoms. The van der Waals surface area contributed by atoms with Gasteiger partial charge >= 0.3 is 6.18 Å². The number of sulfonamides is 1. The fourth-order valence-electron chi connectivity index (χ4n) is 3.97. The molecule has 1 amide bonds. The van der Waals surface area contributed by atoms with Crippen molar-refractivity contribution in [1.82, 2.24) is 5.32 Å². The molecule has 0 aromatic heterocycles. The van der Waals surface area contributed by atoms with E-state index in [2.05, 4.69) is 0 Å². The molecule has 1 heterocycles. The first-order valence-electron chi connectivity index (χ1n) is 11.8. The summed E-state index contributed by atoms with van der Waals surface area (Å²) in [5.41, 5.74) is -4.02. The second kappa shape index (κ2) is 10.8. The molecule has 3 aromatic carbocycles. The lowest BCUT2D eigenvalue weighted by Crippen LogP contribution is -2.57. The lowest BCUT2D eigenvalue weighted by Gasteiger charge is -2.36. The summed E-state index contributed by atoms with van der Waals surface area (Å²) in [7, 11) is -3.45. The molecule has 0 saturated carbocycles. The van der Waals surface area contributed by atoms with Crippen LogP contribution < -0.4 is 19.1 Å². The van der Waals surface area contributed by atoms with Crippen LogP contribution in [0.3, 0.4) is 0 Å². The van der Waals surface area contributed by atoms with Gasteiger partial charge < -0.3 is 19.9 Å². The minimum absolute atomic E-state index is 0.0641. The molecule has 0 unspecified atom stereocenters. The third-order valence-electron chi connectivity index (χ3n) is 6.33. The second-order valence-electron chi connectivity index (χ2n) is 9.16. The third-order valence-corrected chi connectivity index (χ3v) is 8.10. The van der Waals surface area contributed by atoms with Crippen molar-refractivity contribution in [2.45, 2.75) is 29.7 Å². The molecule has 2 atom stereocenters. The van der Waals surface area contributed by atoms with Gasteiger partial charge in [-0.1, -0.05) is 6.07 Å². The van der Waals surface area contributed by atoms with E-state index in [1.807, 2.05) is 5.32 Å². The number of hydrogen-bond donors (Lipinski definition) is 2. The van der Waals surface area contributed by atoms with Crippen molar-refractivity contribution in [2.24, 2.45) is 0 Å². The van der Waals surface area contributed by atoms with Crippen LogP contribution in [0, 0.1) is 17.5 Å². The Morgan fingerprint density at radius 1 is 1.07 bits per heavy atom. The van der Waals surface area contributed by atoms with Crippen LogP contribution in [0.2, 0.25) is 0 Å². The van der Waals surface area contributed by atoms with Gasteiger partial charge in [-0.3, -0.25) is 9.10 Å². The maximum absolute atomic E-state index is 14.5. The molecular formula is C26H22F6N2O6S. The zero-order valence-electron chi connectivity index (χ0n) is 21.3. The van der Waals surface area contributed by atoms with Crippen LogP contribution in [-0.4, -0.2) is 57.5 Å². The number of fused-ring (bicyclic) bond motifs is 1. The van der Waals surface area contributed by atoms with Gasteiger partial charge in [-0.2, -0.15) is 13.2 Å². The summed E-state index contributed by atoms with van der Waals surface area (Å²) in [4.78, 5) is 11.6. The SMILES string of the molecule is COc1cc(S(=O)(=O)N2C[C@H](CNC(=O)[C@@](C)(O)C(F)(F)F)Oc3ccc(-c4cc(F)ccc4F)cc32)ccc1F.